The molecule has 406 valence electrons. The molecule has 11 N–H and O–H groups in total. The van der Waals surface area contributed by atoms with Crippen molar-refractivity contribution >= 4 is 121 Å². The van der Waals surface area contributed by atoms with Crippen LogP contribution in [0, 0.1) is 0 Å². The number of ketones is 2. The molecule has 0 aromatic heterocycles. The number of benzene rings is 1. The number of Topliss-reactive ketones (excluding diaryl/α,β-unsaturated/α-hetero) is 2. The number of aliphatic carboxylic acids is 2. The molecule has 1 rings (SSSR count). The van der Waals surface area contributed by atoms with Gasteiger partial charge in [-0.3, -0.25) is 56.8 Å². The first-order chi connectivity index (χ1) is 32.3. The van der Waals surface area contributed by atoms with Crippen LogP contribution in [0.25, 0.3) is 0 Å². The van der Waals surface area contributed by atoms with E-state index in [4.69, 9.17) is 47.5 Å². The first-order valence-corrected chi connectivity index (χ1v) is 25.8. The van der Waals surface area contributed by atoms with E-state index in [1.165, 1.54) is 12.2 Å². The van der Waals surface area contributed by atoms with Crippen molar-refractivity contribution in [1.82, 2.24) is 31.9 Å². The Kier molecular flexibility index (Phi) is 29.4. The van der Waals surface area contributed by atoms with E-state index >= 15 is 0 Å². The topological polar surface area (TPSA) is 600 Å². The highest BCUT2D eigenvalue weighted by atomic mass is 32.2. The zero-order valence-electron chi connectivity index (χ0n) is 36.6. The summed E-state index contributed by atoms with van der Waals surface area (Å²) in [5.41, 5.74) is -2.76. The first kappa shape index (κ1) is 69.2. The Morgan fingerprint density at radius 3 is 0.972 bits per heavy atom. The Balaban J connectivity index is -0.00000354. The van der Waals surface area contributed by atoms with Crippen LogP contribution in [0.4, 0.5) is 0 Å². The molecule has 72 heavy (non-hydrogen) atoms. The van der Waals surface area contributed by atoms with Gasteiger partial charge in [0.25, 0.3) is 42.2 Å². The van der Waals surface area contributed by atoms with Crippen molar-refractivity contribution in [3.05, 3.63) is 34.4 Å². The van der Waals surface area contributed by atoms with Gasteiger partial charge < -0.3 is 42.1 Å². The SMILES string of the molecule is CC(=O)c1cc(C(=O)NC(CS(=O)(=O)O)C(=O)N[C@H](CS(=O)(=O)O)C(=O)N[C@H](CS(=O)(=O)O)C(=O)O)c(C(C)=O)cc1C(=O)NC(C)C(=O)N[C@H](C)C(=O)N[C@H](C)C(=O)O.O=S(=O)=O.O=S(=O)=O.O=S(=O)=O. The highest BCUT2D eigenvalue weighted by molar-refractivity contribution is 7.86. The summed E-state index contributed by atoms with van der Waals surface area (Å²) in [6, 6.07) is -10.4. The maximum absolute atomic E-state index is 13.5. The number of carbonyl (C=O) groups excluding carboxylic acids is 8. The van der Waals surface area contributed by atoms with Gasteiger partial charge in [0, 0.05) is 11.1 Å². The summed E-state index contributed by atoms with van der Waals surface area (Å²) >= 11 is 0. The molecule has 0 bridgehead atoms. The average Bonchev–Trinajstić information content (AvgIpc) is 3.16. The van der Waals surface area contributed by atoms with E-state index < -0.39 is 197 Å². The average molecular weight is 1160 g/mol. The second kappa shape index (κ2) is 30.6. The third kappa shape index (κ3) is 31.2. The Bertz CT molecular complexity index is 2910. The highest BCUT2D eigenvalue weighted by Gasteiger charge is 2.36. The summed E-state index contributed by atoms with van der Waals surface area (Å²) in [6.45, 7) is 5.21. The Morgan fingerprint density at radius 2 is 0.681 bits per heavy atom. The number of carbonyl (C=O) groups is 10. The largest absolute Gasteiger partial charge is 0.480 e. The Labute approximate surface area is 408 Å². The maximum Gasteiger partial charge on any atom is 0.425 e. The standard InChI is InChI=1S/C30H40N6O21S3.3O3S/c1-11(24(40)33-13(3)29(45)46)31-23(39)12(2)32-25(41)18-6-17(15(5)38)19(7-16(18)14(4)37)26(42)34-20(8-58(49,50)51)27(43)35-21(9-59(52,53)54)28(44)36-22(30(47)48)10-60(55,56)57;3*1-4(2)3/h6-7,11-13,20-22H,8-10H2,1-5H3,(H,31,39)(H,32,41)(H,33,40)(H,34,42)(H,35,43)(H,36,44)(H,45,46)(H,47,48)(H,49,50,51)(H,52,53,54)(H,55,56,57);;;/t11-,12?,13-,20?,21-,22-;;;/m1.../s1. The lowest BCUT2D eigenvalue weighted by molar-refractivity contribution is -0.142. The third-order valence-corrected chi connectivity index (χ3v) is 9.89. The molecule has 0 spiro atoms. The van der Waals surface area contributed by atoms with Gasteiger partial charge in [0.15, 0.2) is 11.6 Å². The van der Waals surface area contributed by atoms with Gasteiger partial charge in [0.1, 0.15) is 53.5 Å². The van der Waals surface area contributed by atoms with Crippen LogP contribution in [0.3, 0.4) is 0 Å². The number of nitrogens with one attached hydrogen (secondary N) is 6. The van der Waals surface area contributed by atoms with E-state index in [0.29, 0.717) is 12.1 Å². The fourth-order valence-corrected chi connectivity index (χ4v) is 6.61. The van der Waals surface area contributed by atoms with E-state index in [9.17, 15) is 87.4 Å². The molecule has 0 aliphatic carbocycles. The monoisotopic (exact) mass is 1160 g/mol. The number of hydrogen-bond acceptors (Lipinski definition) is 25. The molecule has 2 unspecified atom stereocenters. The fourth-order valence-electron chi connectivity index (χ4n) is 4.65. The van der Waals surface area contributed by atoms with Gasteiger partial charge in [-0.1, -0.05) is 0 Å². The smallest absolute Gasteiger partial charge is 0.425 e. The van der Waals surface area contributed by atoms with E-state index in [0.717, 1.165) is 27.7 Å². The number of carboxylic acids is 2. The van der Waals surface area contributed by atoms with Crippen LogP contribution in [0.1, 0.15) is 76.1 Å². The van der Waals surface area contributed by atoms with Crippen LogP contribution in [-0.4, -0.2) is 199 Å². The molecule has 0 saturated heterocycles. The van der Waals surface area contributed by atoms with Gasteiger partial charge in [0.05, 0.1) is 11.1 Å². The molecule has 0 fully saturated rings. The number of rotatable bonds is 22. The molecule has 0 radical (unpaired) electrons. The van der Waals surface area contributed by atoms with Crippen molar-refractivity contribution in [2.75, 3.05) is 17.3 Å². The summed E-state index contributed by atoms with van der Waals surface area (Å²) < 4.78 is 173. The van der Waals surface area contributed by atoms with Crippen molar-refractivity contribution in [2.45, 2.75) is 70.9 Å². The van der Waals surface area contributed by atoms with Gasteiger partial charge in [-0.15, -0.1) is 37.9 Å². The highest BCUT2D eigenvalue weighted by Crippen LogP contribution is 2.20. The van der Waals surface area contributed by atoms with Crippen molar-refractivity contribution in [3.63, 3.8) is 0 Å². The molecule has 36 nitrogen and oxygen atoms in total. The lowest BCUT2D eigenvalue weighted by Gasteiger charge is -2.23. The van der Waals surface area contributed by atoms with E-state index in [1.807, 2.05) is 0 Å². The Hall–Kier alpha value is -7.09. The van der Waals surface area contributed by atoms with Crippen LogP contribution in [0.2, 0.25) is 0 Å². The van der Waals surface area contributed by atoms with Crippen molar-refractivity contribution in [1.29, 1.82) is 0 Å². The van der Waals surface area contributed by atoms with Gasteiger partial charge in [0.2, 0.25) is 23.6 Å². The summed E-state index contributed by atoms with van der Waals surface area (Å²) in [6.07, 6.45) is 0. The molecule has 42 heteroatoms. The Morgan fingerprint density at radius 1 is 0.417 bits per heavy atom. The molecule has 1 aromatic rings. The van der Waals surface area contributed by atoms with Crippen molar-refractivity contribution < 1.29 is 135 Å². The van der Waals surface area contributed by atoms with Gasteiger partial charge in [-0.05, 0) is 46.8 Å². The molecule has 6 atom stereocenters. The minimum absolute atomic E-state index is 0.620. The predicted octanol–water partition coefficient (Wildman–Crippen LogP) is -7.89. The summed E-state index contributed by atoms with van der Waals surface area (Å²) in [4.78, 5) is 126. The zero-order valence-corrected chi connectivity index (χ0v) is 41.5. The van der Waals surface area contributed by atoms with Crippen LogP contribution in [-0.2, 0) is 90.9 Å². The molecular formula is C30H40N6O30S6. The van der Waals surface area contributed by atoms with Gasteiger partial charge >= 0.3 is 43.8 Å². The summed E-state index contributed by atoms with van der Waals surface area (Å²) in [5.74, 6) is -19.1. The fraction of sp³-hybridized carbons (Fsp3) is 0.467. The van der Waals surface area contributed by atoms with Crippen molar-refractivity contribution in [3.8, 4) is 0 Å². The summed E-state index contributed by atoms with van der Waals surface area (Å²) in [7, 11) is -25.1. The molecule has 0 aliphatic heterocycles. The number of carboxylic acid groups (broad SMARTS) is 2. The lowest BCUT2D eigenvalue weighted by Crippen LogP contribution is -2.59. The molecule has 0 aliphatic rings. The second-order valence-electron chi connectivity index (χ2n) is 13.4. The minimum Gasteiger partial charge on any atom is -0.480 e. The van der Waals surface area contributed by atoms with E-state index in [2.05, 4.69) is 16.0 Å². The predicted molar refractivity (Wildman–Crippen MR) is 227 cm³/mol. The van der Waals surface area contributed by atoms with Gasteiger partial charge in [-0.2, -0.15) is 25.3 Å². The second-order valence-corrected chi connectivity index (χ2v) is 19.1. The molecule has 1 aromatic carbocycles. The molecule has 6 amide bonds. The molecular weight excluding hydrogens is 1120 g/mol. The quantitative estimate of drug-likeness (QED) is 0.0379. The van der Waals surface area contributed by atoms with Crippen LogP contribution in [0.15, 0.2) is 12.1 Å². The maximum atomic E-state index is 13.5. The van der Waals surface area contributed by atoms with Crippen LogP contribution < -0.4 is 31.9 Å². The van der Waals surface area contributed by atoms with E-state index in [1.54, 1.807) is 10.6 Å². The first-order valence-electron chi connectivity index (χ1n) is 18.0. The van der Waals surface area contributed by atoms with Crippen LogP contribution in [0.5, 0.6) is 0 Å². The minimum atomic E-state index is -5.31. The number of amides is 6. The number of hydrogen-bond donors (Lipinski definition) is 11. The molecule has 0 saturated carbocycles. The lowest BCUT2D eigenvalue weighted by atomic mass is 9.93. The van der Waals surface area contributed by atoms with Crippen molar-refractivity contribution in [2.24, 2.45) is 0 Å². The third-order valence-electron chi connectivity index (χ3n) is 7.63. The van der Waals surface area contributed by atoms with Crippen LogP contribution >= 0.6 is 0 Å². The van der Waals surface area contributed by atoms with Gasteiger partial charge in [-0.25, -0.2) is 4.79 Å². The summed E-state index contributed by atoms with van der Waals surface area (Å²) in [5, 5.41) is 29.5. The van der Waals surface area contributed by atoms with E-state index in [-0.39, 0.29) is 0 Å². The normalized spacial score (nSPS) is 13.2. The molecule has 0 heterocycles. The zero-order chi connectivity index (χ0) is 57.6.